The first kappa shape index (κ1) is 13.6. The molecule has 0 bridgehead atoms. The zero-order chi connectivity index (χ0) is 13.0. The third-order valence-electron chi connectivity index (χ3n) is 2.69. The molecule has 0 heterocycles. The number of carbonyl (C=O) groups is 1. The highest BCUT2D eigenvalue weighted by Crippen LogP contribution is 2.20. The summed E-state index contributed by atoms with van der Waals surface area (Å²) in [6, 6.07) is 3.50. The van der Waals surface area contributed by atoms with Crippen molar-refractivity contribution in [3.63, 3.8) is 0 Å². The van der Waals surface area contributed by atoms with Crippen LogP contribution in [0.4, 0.5) is 8.78 Å². The third kappa shape index (κ3) is 3.49. The lowest BCUT2D eigenvalue weighted by molar-refractivity contribution is -0.142. The van der Waals surface area contributed by atoms with Crippen LogP contribution >= 0.6 is 0 Å². The summed E-state index contributed by atoms with van der Waals surface area (Å²) in [5.74, 6) is -2.14. The van der Waals surface area contributed by atoms with Gasteiger partial charge >= 0.3 is 5.97 Å². The van der Waals surface area contributed by atoms with Crippen molar-refractivity contribution in [1.82, 2.24) is 4.90 Å². The largest absolute Gasteiger partial charge is 0.468 e. The van der Waals surface area contributed by atoms with E-state index in [1.165, 1.54) is 13.2 Å². The van der Waals surface area contributed by atoms with Crippen molar-refractivity contribution in [2.45, 2.75) is 13.0 Å². The van der Waals surface area contributed by atoms with Crippen LogP contribution in [-0.4, -0.2) is 31.6 Å². The number of halogens is 2. The summed E-state index contributed by atoms with van der Waals surface area (Å²) >= 11 is 0. The Labute approximate surface area is 99.0 Å². The van der Waals surface area contributed by atoms with E-state index in [0.717, 1.165) is 12.1 Å². The summed E-state index contributed by atoms with van der Waals surface area (Å²) in [5.41, 5.74) is 0.607. The Morgan fingerprint density at radius 3 is 2.59 bits per heavy atom. The highest BCUT2D eigenvalue weighted by Gasteiger charge is 2.16. The number of esters is 1. The molecule has 0 aromatic heterocycles. The molecule has 3 nitrogen and oxygen atoms in total. The second-order valence-electron chi connectivity index (χ2n) is 3.84. The number of rotatable bonds is 4. The van der Waals surface area contributed by atoms with Crippen LogP contribution in [0.5, 0.6) is 0 Å². The average molecular weight is 243 g/mol. The molecule has 0 spiro atoms. The van der Waals surface area contributed by atoms with Gasteiger partial charge in [-0.2, -0.15) is 0 Å². The Morgan fingerprint density at radius 1 is 1.41 bits per heavy atom. The number of nitrogens with zero attached hydrogens (tertiary/aromatic N) is 1. The Bertz CT molecular complexity index is 409. The molecule has 1 aromatic rings. The van der Waals surface area contributed by atoms with Crippen molar-refractivity contribution in [1.29, 1.82) is 0 Å². The predicted molar refractivity (Wildman–Crippen MR) is 59.4 cm³/mol. The number of hydrogen-bond donors (Lipinski definition) is 0. The van der Waals surface area contributed by atoms with E-state index in [0.29, 0.717) is 5.56 Å². The molecule has 0 radical (unpaired) electrons. The molecule has 0 amide bonds. The summed E-state index contributed by atoms with van der Waals surface area (Å²) in [6.07, 6.45) is 0. The first-order valence-corrected chi connectivity index (χ1v) is 5.17. The average Bonchev–Trinajstić information content (AvgIpc) is 2.31. The number of hydrogen-bond acceptors (Lipinski definition) is 3. The van der Waals surface area contributed by atoms with Gasteiger partial charge in [0, 0.05) is 6.04 Å². The van der Waals surface area contributed by atoms with Crippen LogP contribution in [-0.2, 0) is 9.53 Å². The van der Waals surface area contributed by atoms with Crippen LogP contribution in [0.25, 0.3) is 0 Å². The molecular weight excluding hydrogens is 228 g/mol. The van der Waals surface area contributed by atoms with Gasteiger partial charge in [-0.15, -0.1) is 0 Å². The summed E-state index contributed by atoms with van der Waals surface area (Å²) in [6.45, 7) is 1.90. The second-order valence-corrected chi connectivity index (χ2v) is 3.84. The van der Waals surface area contributed by atoms with Gasteiger partial charge in [0.05, 0.1) is 13.7 Å². The number of benzene rings is 1. The van der Waals surface area contributed by atoms with E-state index in [9.17, 15) is 13.6 Å². The third-order valence-corrected chi connectivity index (χ3v) is 2.69. The monoisotopic (exact) mass is 243 g/mol. The molecule has 0 aliphatic heterocycles. The summed E-state index contributed by atoms with van der Waals surface area (Å²) in [4.78, 5) is 12.8. The maximum atomic E-state index is 13.0. The lowest BCUT2D eigenvalue weighted by Crippen LogP contribution is -2.29. The zero-order valence-corrected chi connectivity index (χ0v) is 10.0. The predicted octanol–water partition coefficient (Wildman–Crippen LogP) is 2.13. The van der Waals surface area contributed by atoms with E-state index in [4.69, 9.17) is 0 Å². The van der Waals surface area contributed by atoms with Gasteiger partial charge in [0.1, 0.15) is 0 Å². The van der Waals surface area contributed by atoms with Gasteiger partial charge in [0.25, 0.3) is 0 Å². The van der Waals surface area contributed by atoms with E-state index >= 15 is 0 Å². The van der Waals surface area contributed by atoms with Gasteiger partial charge in [-0.25, -0.2) is 8.78 Å². The number of carbonyl (C=O) groups excluding carboxylic acids is 1. The highest BCUT2D eigenvalue weighted by molar-refractivity contribution is 5.71. The van der Waals surface area contributed by atoms with Gasteiger partial charge in [-0.1, -0.05) is 6.07 Å². The van der Waals surface area contributed by atoms with Crippen LogP contribution in [0.3, 0.4) is 0 Å². The van der Waals surface area contributed by atoms with Gasteiger partial charge in [0.2, 0.25) is 0 Å². The minimum absolute atomic E-state index is 0.0939. The Kier molecular flexibility index (Phi) is 4.57. The number of ether oxygens (including phenoxy) is 1. The van der Waals surface area contributed by atoms with Gasteiger partial charge in [-0.3, -0.25) is 9.69 Å². The fourth-order valence-corrected chi connectivity index (χ4v) is 1.43. The molecule has 0 fully saturated rings. The Hall–Kier alpha value is -1.49. The van der Waals surface area contributed by atoms with E-state index < -0.39 is 11.6 Å². The second kappa shape index (κ2) is 5.72. The summed E-state index contributed by atoms with van der Waals surface area (Å²) < 4.78 is 30.3. The smallest absolute Gasteiger partial charge is 0.319 e. The molecule has 17 heavy (non-hydrogen) atoms. The fourth-order valence-electron chi connectivity index (χ4n) is 1.43. The summed E-state index contributed by atoms with van der Waals surface area (Å²) in [7, 11) is 3.02. The number of methoxy groups -OCH3 is 1. The fraction of sp³-hybridized carbons (Fsp3) is 0.417. The molecule has 0 aliphatic carbocycles. The molecule has 1 rings (SSSR count). The maximum Gasteiger partial charge on any atom is 0.319 e. The number of likely N-dealkylation sites (N-methyl/N-ethyl adjacent to an activating group) is 1. The van der Waals surface area contributed by atoms with Crippen LogP contribution < -0.4 is 0 Å². The Morgan fingerprint density at radius 2 is 2.06 bits per heavy atom. The molecule has 0 saturated carbocycles. The van der Waals surface area contributed by atoms with Crippen molar-refractivity contribution in [3.05, 3.63) is 35.4 Å². The topological polar surface area (TPSA) is 29.5 Å². The molecule has 94 valence electrons. The summed E-state index contributed by atoms with van der Waals surface area (Å²) in [5, 5.41) is 0. The van der Waals surface area contributed by atoms with Crippen LogP contribution in [0.2, 0.25) is 0 Å². The van der Waals surface area contributed by atoms with Crippen LogP contribution in [0.1, 0.15) is 18.5 Å². The standard InChI is InChI=1S/C12H15F2NO2/c1-8(15(2)7-12(16)17-3)9-4-5-10(13)11(14)6-9/h4-6,8H,7H2,1-3H3/t8-/m0/s1. The van der Waals surface area contributed by atoms with Gasteiger partial charge in [-0.05, 0) is 31.7 Å². The van der Waals surface area contributed by atoms with Gasteiger partial charge in [0.15, 0.2) is 11.6 Å². The Balaban J connectivity index is 2.77. The van der Waals surface area contributed by atoms with E-state index in [1.54, 1.807) is 18.9 Å². The molecule has 5 heteroatoms. The van der Waals surface area contributed by atoms with Crippen LogP contribution in [0.15, 0.2) is 18.2 Å². The van der Waals surface area contributed by atoms with E-state index in [1.807, 2.05) is 0 Å². The van der Waals surface area contributed by atoms with E-state index in [2.05, 4.69) is 4.74 Å². The zero-order valence-electron chi connectivity index (χ0n) is 10.0. The quantitative estimate of drug-likeness (QED) is 0.759. The first-order chi connectivity index (χ1) is 7.95. The van der Waals surface area contributed by atoms with E-state index in [-0.39, 0.29) is 18.6 Å². The molecule has 1 aromatic carbocycles. The normalized spacial score (nSPS) is 12.6. The van der Waals surface area contributed by atoms with Crippen molar-refractivity contribution < 1.29 is 18.3 Å². The minimum atomic E-state index is -0.888. The minimum Gasteiger partial charge on any atom is -0.468 e. The van der Waals surface area contributed by atoms with Gasteiger partial charge < -0.3 is 4.74 Å². The lowest BCUT2D eigenvalue weighted by Gasteiger charge is -2.23. The SMILES string of the molecule is COC(=O)CN(C)[C@@H](C)c1ccc(F)c(F)c1. The van der Waals surface area contributed by atoms with Crippen molar-refractivity contribution in [3.8, 4) is 0 Å². The molecule has 1 atom stereocenters. The molecule has 0 saturated heterocycles. The lowest BCUT2D eigenvalue weighted by atomic mass is 10.1. The molecule has 0 aliphatic rings. The molecule has 0 N–H and O–H groups in total. The van der Waals surface area contributed by atoms with Crippen molar-refractivity contribution in [2.75, 3.05) is 20.7 Å². The molecular formula is C12H15F2NO2. The van der Waals surface area contributed by atoms with Crippen molar-refractivity contribution >= 4 is 5.97 Å². The van der Waals surface area contributed by atoms with Crippen molar-refractivity contribution in [2.24, 2.45) is 0 Å². The maximum absolute atomic E-state index is 13.0. The first-order valence-electron chi connectivity index (χ1n) is 5.17. The molecule has 0 unspecified atom stereocenters. The van der Waals surface area contributed by atoms with Crippen LogP contribution in [0, 0.1) is 11.6 Å². The highest BCUT2D eigenvalue weighted by atomic mass is 19.2.